The third-order valence-electron chi connectivity index (χ3n) is 14.3. The van der Waals surface area contributed by atoms with Crippen molar-refractivity contribution in [2.24, 2.45) is 5.73 Å². The Morgan fingerprint density at radius 1 is 0.600 bits per heavy atom. The summed E-state index contributed by atoms with van der Waals surface area (Å²) in [5, 5.41) is 110. The lowest BCUT2D eigenvalue weighted by molar-refractivity contribution is -0.352. The summed E-state index contributed by atoms with van der Waals surface area (Å²) in [5.41, 5.74) is 5.31. The van der Waals surface area contributed by atoms with Crippen LogP contribution in [0.25, 0.3) is 0 Å². The Morgan fingerprint density at radius 3 is 1.74 bits per heavy atom. The lowest BCUT2D eigenvalue weighted by Gasteiger charge is -2.48. The van der Waals surface area contributed by atoms with Crippen molar-refractivity contribution in [1.29, 1.82) is 0 Å². The van der Waals surface area contributed by atoms with Crippen molar-refractivity contribution in [3.05, 3.63) is 0 Å². The minimum atomic E-state index is -2.10. The molecule has 0 aromatic carbocycles. The predicted octanol–water partition coefficient (Wildman–Crippen LogP) is -10.4. The molecule has 5 fully saturated rings. The zero-order valence-corrected chi connectivity index (χ0v) is 44.9. The molecule has 33 heteroatoms. The van der Waals surface area contributed by atoms with Gasteiger partial charge in [-0.3, -0.25) is 43.2 Å². The maximum Gasteiger partial charge on any atom is 0.246 e. The van der Waals surface area contributed by atoms with Crippen LogP contribution in [0.5, 0.6) is 0 Å². The number of nitrogens with zero attached hydrogens (tertiary/aromatic N) is 2. The van der Waals surface area contributed by atoms with Crippen LogP contribution in [0, 0.1) is 0 Å². The van der Waals surface area contributed by atoms with Gasteiger partial charge in [0.2, 0.25) is 53.2 Å². The number of nitrogens with two attached hydrogens (primary N) is 1. The molecule has 5 aliphatic heterocycles. The van der Waals surface area contributed by atoms with Crippen LogP contribution < -0.4 is 37.6 Å². The van der Waals surface area contributed by atoms with Crippen LogP contribution in [0.1, 0.15) is 67.2 Å². The van der Waals surface area contributed by atoms with Gasteiger partial charge in [-0.25, -0.2) is 0 Å². The number of primary amides is 1. The number of aliphatic hydroxyl groups is 9. The fourth-order valence-corrected chi connectivity index (χ4v) is 10.0. The number of hydrogen-bond donors (Lipinski definition) is 16. The quantitative estimate of drug-likeness (QED) is 0.0452. The summed E-state index contributed by atoms with van der Waals surface area (Å²) >= 11 is 0. The first-order valence-corrected chi connectivity index (χ1v) is 26.1. The Hall–Kier alpha value is -5.37. The molecule has 5 aliphatic rings. The Morgan fingerprint density at radius 2 is 1.16 bits per heavy atom. The fraction of sp³-hybridized carbons (Fsp3) is 0.809. The van der Waals surface area contributed by atoms with Crippen LogP contribution in [0.4, 0.5) is 0 Å². The lowest BCUT2D eigenvalue weighted by Crippen LogP contribution is -2.69. The average molecular weight is 1150 g/mol. The van der Waals surface area contributed by atoms with Crippen molar-refractivity contribution in [3.63, 3.8) is 0 Å². The minimum Gasteiger partial charge on any atom is -0.394 e. The normalized spacial score (nSPS) is 34.4. The van der Waals surface area contributed by atoms with Gasteiger partial charge < -0.3 is 122 Å². The van der Waals surface area contributed by atoms with Gasteiger partial charge in [0.05, 0.1) is 32.5 Å². The number of ether oxygens (including phenoxy) is 6. The van der Waals surface area contributed by atoms with E-state index in [9.17, 15) is 89.1 Å². The van der Waals surface area contributed by atoms with E-state index >= 15 is 0 Å². The maximum atomic E-state index is 14.6. The van der Waals surface area contributed by atoms with Gasteiger partial charge in [0, 0.05) is 33.9 Å². The molecule has 5 rings (SSSR count). The molecule has 0 bridgehead atoms. The van der Waals surface area contributed by atoms with Gasteiger partial charge in [-0.1, -0.05) is 0 Å². The van der Waals surface area contributed by atoms with E-state index in [-0.39, 0.29) is 25.9 Å². The molecular weight excluding hydrogens is 1070 g/mol. The van der Waals surface area contributed by atoms with E-state index in [1.165, 1.54) is 30.6 Å². The standard InChI is InChI=1S/C47H77N9O24/c1-17(39(48)69)49-41(71)24-9-7-11-55(24)44(74)25-10-8-12-56(25)43(73)18(2)50-42(72)29(54-40(70)23(13-57)51-20(4)60)19(3)76-46-31(53-22(6)62)38(80-47-37(68)36(67)33(64)27(15-59)78-47)34(65)28(79-46)16-75-45-30(52-21(5)61)35(66)32(63)26(14-58)77-45/h17-19,23-38,45-47,57-59,63-68H,7-16H2,1-6H3,(H2,48,69)(H,49,71)(H,50,72)(H,51,60)(H,52,61)(H,53,62)(H,54,70)/t17?,18?,19?,23?,24?,25?,26?,27?,28?,29?,30?,31?,32-,33-,34-,35+,36-,37?,38+,45+,46+,47-/m0/s1. The Balaban J connectivity index is 1.47. The maximum absolute atomic E-state index is 14.6. The Kier molecular flexibility index (Phi) is 23.8. The Bertz CT molecular complexity index is 2200. The smallest absolute Gasteiger partial charge is 0.246 e. The zero-order chi connectivity index (χ0) is 59.6. The summed E-state index contributed by atoms with van der Waals surface area (Å²) < 4.78 is 35.6. The molecule has 0 spiro atoms. The molecule has 0 saturated carbocycles. The highest BCUT2D eigenvalue weighted by molar-refractivity contribution is 5.97. The number of amides is 9. The van der Waals surface area contributed by atoms with Crippen LogP contribution in [0.3, 0.4) is 0 Å². The summed E-state index contributed by atoms with van der Waals surface area (Å²) in [6.45, 7) is 3.59. The van der Waals surface area contributed by atoms with Gasteiger partial charge in [-0.05, 0) is 46.5 Å². The van der Waals surface area contributed by atoms with Crippen LogP contribution in [0.2, 0.25) is 0 Å². The predicted molar refractivity (Wildman–Crippen MR) is 263 cm³/mol. The van der Waals surface area contributed by atoms with Gasteiger partial charge in [-0.15, -0.1) is 0 Å². The molecule has 33 nitrogen and oxygen atoms in total. The topological polar surface area (TPSA) is 496 Å². The fourth-order valence-electron chi connectivity index (χ4n) is 10.0. The van der Waals surface area contributed by atoms with E-state index in [1.807, 2.05) is 0 Å². The van der Waals surface area contributed by atoms with E-state index < -0.39 is 214 Å². The second-order valence-electron chi connectivity index (χ2n) is 20.3. The van der Waals surface area contributed by atoms with Crippen LogP contribution >= 0.6 is 0 Å². The van der Waals surface area contributed by atoms with E-state index in [2.05, 4.69) is 31.9 Å². The number of nitrogens with one attached hydrogen (secondary N) is 6. The molecule has 0 aromatic rings. The first kappa shape index (κ1) is 65.4. The van der Waals surface area contributed by atoms with Gasteiger partial charge >= 0.3 is 0 Å². The monoisotopic (exact) mass is 1150 g/mol. The number of likely N-dealkylation sites (tertiary alicyclic amines) is 2. The van der Waals surface area contributed by atoms with Gasteiger partial charge in [0.1, 0.15) is 109 Å². The average Bonchev–Trinajstić information content (AvgIpc) is 4.11. The molecule has 454 valence electrons. The van der Waals surface area contributed by atoms with Crippen molar-refractivity contribution in [3.8, 4) is 0 Å². The van der Waals surface area contributed by atoms with Crippen LogP contribution in [0.15, 0.2) is 0 Å². The van der Waals surface area contributed by atoms with Gasteiger partial charge in [0.15, 0.2) is 18.9 Å². The van der Waals surface area contributed by atoms with E-state index in [0.717, 1.165) is 20.8 Å². The number of carbonyl (C=O) groups excluding carboxylic acids is 9. The van der Waals surface area contributed by atoms with Crippen molar-refractivity contribution in [2.75, 3.05) is 39.5 Å². The molecule has 0 radical (unpaired) electrons. The number of hydrogen-bond acceptors (Lipinski definition) is 24. The van der Waals surface area contributed by atoms with E-state index in [4.69, 9.17) is 34.2 Å². The molecule has 0 aliphatic carbocycles. The highest BCUT2D eigenvalue weighted by atomic mass is 16.7. The van der Waals surface area contributed by atoms with Gasteiger partial charge in [0.25, 0.3) is 0 Å². The largest absolute Gasteiger partial charge is 0.394 e. The first-order valence-electron chi connectivity index (χ1n) is 26.1. The van der Waals surface area contributed by atoms with Crippen LogP contribution in [-0.4, -0.2) is 283 Å². The number of carbonyl (C=O) groups is 9. The van der Waals surface area contributed by atoms with Crippen LogP contribution in [-0.2, 0) is 71.6 Å². The SMILES string of the molecule is CC(=O)NC(CO)C(=O)NC(C(=O)NC(C)C(=O)N1CCCC1C(=O)N1CCCC1C(=O)NC(C)C(N)=O)C(C)O[C@@H]1OC(CO[C@@H]2OC(CO)[C@H](O)[C@H](O)C2NC(C)=O)[C@H](O)[C@H](O[C@@H]2OC(CO)[C@H](O)[C@H](O)C2O)C1NC(C)=O. The summed E-state index contributed by atoms with van der Waals surface area (Å²) in [7, 11) is 0. The molecule has 5 saturated heterocycles. The molecule has 80 heavy (non-hydrogen) atoms. The molecule has 13 unspecified atom stereocenters. The summed E-state index contributed by atoms with van der Waals surface area (Å²) in [6, 6.07) is -11.5. The first-order chi connectivity index (χ1) is 37.6. The molecule has 0 aromatic heterocycles. The van der Waals surface area contributed by atoms with E-state index in [1.54, 1.807) is 0 Å². The molecule has 17 N–H and O–H groups in total. The second-order valence-corrected chi connectivity index (χ2v) is 20.3. The third kappa shape index (κ3) is 15.8. The Labute approximate surface area is 458 Å². The summed E-state index contributed by atoms with van der Waals surface area (Å²) in [4.78, 5) is 121. The molecule has 5 heterocycles. The van der Waals surface area contributed by atoms with Crippen molar-refractivity contribution in [1.82, 2.24) is 41.7 Å². The van der Waals surface area contributed by atoms with Gasteiger partial charge in [-0.2, -0.15) is 0 Å². The van der Waals surface area contributed by atoms with Crippen molar-refractivity contribution < 1.29 is 118 Å². The highest BCUT2D eigenvalue weighted by Crippen LogP contribution is 2.33. The summed E-state index contributed by atoms with van der Waals surface area (Å²) in [5.74, 6) is -7.42. The lowest BCUT2D eigenvalue weighted by atomic mass is 9.94. The molecular formula is C47H77N9O24. The third-order valence-corrected chi connectivity index (χ3v) is 14.3. The molecule has 9 amide bonds. The van der Waals surface area contributed by atoms with Crippen molar-refractivity contribution in [2.45, 2.75) is 202 Å². The second kappa shape index (κ2) is 29.0. The summed E-state index contributed by atoms with van der Waals surface area (Å²) in [6.07, 6.45) is -24.4. The van der Waals surface area contributed by atoms with E-state index in [0.29, 0.717) is 12.8 Å². The molecule has 22 atom stereocenters. The highest BCUT2D eigenvalue weighted by Gasteiger charge is 2.54. The van der Waals surface area contributed by atoms with Crippen molar-refractivity contribution >= 4 is 53.2 Å². The number of rotatable bonds is 23. The minimum absolute atomic E-state index is 0.0470. The zero-order valence-electron chi connectivity index (χ0n) is 44.9. The number of aliphatic hydroxyl groups excluding tert-OH is 9.